The summed E-state index contributed by atoms with van der Waals surface area (Å²) in [6.07, 6.45) is 0.709. The lowest BCUT2D eigenvalue weighted by Gasteiger charge is -2.14. The number of hydrogen-bond donors (Lipinski definition) is 2. The fourth-order valence-electron chi connectivity index (χ4n) is 3.46. The Labute approximate surface area is 190 Å². The van der Waals surface area contributed by atoms with E-state index in [1.54, 1.807) is 36.4 Å². The maximum Gasteiger partial charge on any atom is 0.262 e. The Bertz CT molecular complexity index is 1320. The molecular weight excluding hydrogens is 448 g/mol. The second kappa shape index (κ2) is 8.55. The summed E-state index contributed by atoms with van der Waals surface area (Å²) in [5.74, 6) is 1.50. The van der Waals surface area contributed by atoms with Gasteiger partial charge in [-0.05, 0) is 36.4 Å². The number of carbonyl (C=O) groups excluding carboxylic acids is 1. The number of rotatable bonds is 5. The lowest BCUT2D eigenvalue weighted by Crippen LogP contribution is -2.18. The van der Waals surface area contributed by atoms with Crippen LogP contribution in [0.5, 0.6) is 23.0 Å². The fraction of sp³-hybridized carbons (Fsp3) is 0.174. The molecule has 0 radical (unpaired) electrons. The minimum absolute atomic E-state index is 0.00210. The third-order valence-electron chi connectivity index (χ3n) is 5.08. The second-order valence-electron chi connectivity index (χ2n) is 7.33. The summed E-state index contributed by atoms with van der Waals surface area (Å²) in [6, 6.07) is 15.8. The van der Waals surface area contributed by atoms with Crippen LogP contribution in [0.25, 0.3) is 0 Å². The van der Waals surface area contributed by atoms with Crippen LogP contribution in [-0.2, 0) is 10.0 Å². The Kier molecular flexibility index (Phi) is 5.43. The summed E-state index contributed by atoms with van der Waals surface area (Å²) in [4.78, 5) is 12.9. The van der Waals surface area contributed by atoms with E-state index in [1.807, 2.05) is 0 Å². The SMILES string of the molecule is O=C(Nc1ccc2c(c1)OCO2)c1ccccc1NS(=O)(=O)c1ccc2c(c1)OCCCO2. The van der Waals surface area contributed by atoms with Crippen molar-refractivity contribution in [1.29, 1.82) is 0 Å². The lowest BCUT2D eigenvalue weighted by atomic mass is 10.1. The van der Waals surface area contributed by atoms with E-state index in [-0.39, 0.29) is 22.9 Å². The molecule has 2 aliphatic rings. The molecule has 170 valence electrons. The zero-order valence-electron chi connectivity index (χ0n) is 17.4. The molecule has 0 bridgehead atoms. The van der Waals surface area contributed by atoms with Gasteiger partial charge in [-0.3, -0.25) is 9.52 Å². The average molecular weight is 468 g/mol. The highest BCUT2D eigenvalue weighted by Gasteiger charge is 2.22. The maximum absolute atomic E-state index is 13.1. The molecule has 9 nitrogen and oxygen atoms in total. The lowest BCUT2D eigenvalue weighted by molar-refractivity contribution is 0.102. The highest BCUT2D eigenvalue weighted by molar-refractivity contribution is 7.92. The topological polar surface area (TPSA) is 112 Å². The van der Waals surface area contributed by atoms with Crippen molar-refractivity contribution in [3.8, 4) is 23.0 Å². The maximum atomic E-state index is 13.1. The molecule has 3 aromatic carbocycles. The molecule has 5 rings (SSSR count). The average Bonchev–Trinajstić information content (AvgIpc) is 3.14. The molecule has 0 aliphatic carbocycles. The van der Waals surface area contributed by atoms with Crippen LogP contribution < -0.4 is 29.0 Å². The molecule has 0 fully saturated rings. The fourth-order valence-corrected chi connectivity index (χ4v) is 4.55. The van der Waals surface area contributed by atoms with Gasteiger partial charge in [0.2, 0.25) is 6.79 Å². The van der Waals surface area contributed by atoms with Gasteiger partial charge in [-0.25, -0.2) is 8.42 Å². The van der Waals surface area contributed by atoms with E-state index in [4.69, 9.17) is 18.9 Å². The van der Waals surface area contributed by atoms with Crippen LogP contribution in [0.15, 0.2) is 65.6 Å². The van der Waals surface area contributed by atoms with Crippen molar-refractivity contribution >= 4 is 27.3 Å². The molecular formula is C23H20N2O7S. The number of carbonyl (C=O) groups is 1. The third-order valence-corrected chi connectivity index (χ3v) is 6.44. The van der Waals surface area contributed by atoms with Crippen LogP contribution in [0.2, 0.25) is 0 Å². The number of para-hydroxylation sites is 1. The highest BCUT2D eigenvalue weighted by Crippen LogP contribution is 2.35. The van der Waals surface area contributed by atoms with Crippen LogP contribution in [0.3, 0.4) is 0 Å². The number of anilines is 2. The third kappa shape index (κ3) is 4.37. The number of sulfonamides is 1. The van der Waals surface area contributed by atoms with E-state index < -0.39 is 15.9 Å². The zero-order valence-corrected chi connectivity index (χ0v) is 18.2. The first-order valence-corrected chi connectivity index (χ1v) is 11.7. The standard InChI is InChI=1S/C23H20N2O7S/c26-23(24-15-6-8-20-21(12-15)32-14-31-20)17-4-1-2-5-18(17)25-33(27,28)16-7-9-19-22(13-16)30-11-3-10-29-19/h1-2,4-9,12-13,25H,3,10-11,14H2,(H,24,26). The largest absolute Gasteiger partial charge is 0.490 e. The molecule has 2 heterocycles. The predicted octanol–water partition coefficient (Wildman–Crippen LogP) is 3.63. The van der Waals surface area contributed by atoms with E-state index in [9.17, 15) is 13.2 Å². The summed E-state index contributed by atoms with van der Waals surface area (Å²) in [6.45, 7) is 1.06. The summed E-state index contributed by atoms with van der Waals surface area (Å²) in [5.41, 5.74) is 0.792. The molecule has 1 amide bonds. The van der Waals surface area contributed by atoms with Crippen LogP contribution in [0.1, 0.15) is 16.8 Å². The Morgan fingerprint density at radius 1 is 0.788 bits per heavy atom. The van der Waals surface area contributed by atoms with Crippen molar-refractivity contribution in [2.24, 2.45) is 0 Å². The van der Waals surface area contributed by atoms with Gasteiger partial charge in [0.25, 0.3) is 15.9 Å². The molecule has 0 aromatic heterocycles. The Balaban J connectivity index is 1.38. The van der Waals surface area contributed by atoms with E-state index >= 15 is 0 Å². The van der Waals surface area contributed by atoms with Gasteiger partial charge in [0, 0.05) is 24.2 Å². The van der Waals surface area contributed by atoms with Gasteiger partial charge in [0.1, 0.15) is 0 Å². The first-order valence-electron chi connectivity index (χ1n) is 10.2. The van der Waals surface area contributed by atoms with Gasteiger partial charge in [-0.15, -0.1) is 0 Å². The van der Waals surface area contributed by atoms with Gasteiger partial charge in [-0.2, -0.15) is 0 Å². The predicted molar refractivity (Wildman–Crippen MR) is 120 cm³/mol. The number of benzene rings is 3. The van der Waals surface area contributed by atoms with Gasteiger partial charge >= 0.3 is 0 Å². The molecule has 0 spiro atoms. The quantitative estimate of drug-likeness (QED) is 0.588. The van der Waals surface area contributed by atoms with Crippen LogP contribution >= 0.6 is 0 Å². The molecule has 0 atom stereocenters. The molecule has 0 saturated carbocycles. The van der Waals surface area contributed by atoms with Crippen LogP contribution in [0, 0.1) is 0 Å². The van der Waals surface area contributed by atoms with Crippen LogP contribution in [0.4, 0.5) is 11.4 Å². The van der Waals surface area contributed by atoms with Crippen molar-refractivity contribution in [3.63, 3.8) is 0 Å². The minimum Gasteiger partial charge on any atom is -0.490 e. The number of nitrogens with one attached hydrogen (secondary N) is 2. The second-order valence-corrected chi connectivity index (χ2v) is 9.01. The molecule has 33 heavy (non-hydrogen) atoms. The zero-order chi connectivity index (χ0) is 22.8. The van der Waals surface area contributed by atoms with Gasteiger partial charge in [0.15, 0.2) is 23.0 Å². The summed E-state index contributed by atoms with van der Waals surface area (Å²) in [5, 5.41) is 2.76. The molecule has 10 heteroatoms. The van der Waals surface area contributed by atoms with Crippen molar-refractivity contribution in [2.75, 3.05) is 30.0 Å². The monoisotopic (exact) mass is 468 g/mol. The Morgan fingerprint density at radius 2 is 1.48 bits per heavy atom. The Hall–Kier alpha value is -3.92. The van der Waals surface area contributed by atoms with E-state index in [0.29, 0.717) is 48.3 Å². The number of ether oxygens (including phenoxy) is 4. The van der Waals surface area contributed by atoms with E-state index in [1.165, 1.54) is 24.3 Å². The molecule has 2 aliphatic heterocycles. The smallest absolute Gasteiger partial charge is 0.262 e. The first kappa shape index (κ1) is 21.0. The molecule has 0 saturated heterocycles. The summed E-state index contributed by atoms with van der Waals surface area (Å²) >= 11 is 0. The minimum atomic E-state index is -4.00. The summed E-state index contributed by atoms with van der Waals surface area (Å²) < 4.78 is 50.4. The van der Waals surface area contributed by atoms with Gasteiger partial charge < -0.3 is 24.3 Å². The number of fused-ring (bicyclic) bond motifs is 2. The van der Waals surface area contributed by atoms with Crippen molar-refractivity contribution < 1.29 is 32.2 Å². The van der Waals surface area contributed by atoms with Crippen molar-refractivity contribution in [1.82, 2.24) is 0 Å². The first-order chi connectivity index (χ1) is 16.0. The van der Waals surface area contributed by atoms with Crippen molar-refractivity contribution in [3.05, 3.63) is 66.2 Å². The Morgan fingerprint density at radius 3 is 2.36 bits per heavy atom. The van der Waals surface area contributed by atoms with Crippen molar-refractivity contribution in [2.45, 2.75) is 11.3 Å². The van der Waals surface area contributed by atoms with Gasteiger partial charge in [-0.1, -0.05) is 12.1 Å². The van der Waals surface area contributed by atoms with E-state index in [0.717, 1.165) is 0 Å². The van der Waals surface area contributed by atoms with Crippen LogP contribution in [-0.4, -0.2) is 34.3 Å². The van der Waals surface area contributed by atoms with E-state index in [2.05, 4.69) is 10.0 Å². The number of hydrogen-bond acceptors (Lipinski definition) is 7. The molecule has 0 unspecified atom stereocenters. The highest BCUT2D eigenvalue weighted by atomic mass is 32.2. The molecule has 2 N–H and O–H groups in total. The van der Waals surface area contributed by atoms with Gasteiger partial charge in [0.05, 0.1) is 29.4 Å². The normalized spacial score (nSPS) is 14.3. The number of amides is 1. The summed E-state index contributed by atoms with van der Waals surface area (Å²) in [7, 11) is -4.00. The molecule has 3 aromatic rings.